The van der Waals surface area contributed by atoms with Gasteiger partial charge < -0.3 is 18.9 Å². The number of ether oxygens (including phenoxy) is 4. The third-order valence-corrected chi connectivity index (χ3v) is 5.83. The van der Waals surface area contributed by atoms with E-state index < -0.39 is 11.9 Å². The molecule has 0 radical (unpaired) electrons. The van der Waals surface area contributed by atoms with Gasteiger partial charge in [-0.2, -0.15) is 0 Å². The molecule has 0 saturated carbocycles. The highest BCUT2D eigenvalue weighted by Gasteiger charge is 2.45. The van der Waals surface area contributed by atoms with Crippen LogP contribution in [-0.2, 0) is 44.2 Å². The number of hydrogen-bond acceptors (Lipinski definition) is 5. The number of carbonyl (C=O) groups excluding carboxylic acids is 1. The van der Waals surface area contributed by atoms with Crippen LogP contribution >= 0.6 is 0 Å². The van der Waals surface area contributed by atoms with Crippen LogP contribution in [0.2, 0.25) is 0 Å². The summed E-state index contributed by atoms with van der Waals surface area (Å²) in [7, 11) is 1.30. The van der Waals surface area contributed by atoms with Crippen molar-refractivity contribution in [3.63, 3.8) is 0 Å². The third-order valence-electron chi connectivity index (χ3n) is 5.83. The molecule has 5 nitrogen and oxygen atoms in total. The molecule has 154 valence electrons. The van der Waals surface area contributed by atoms with E-state index in [4.69, 9.17) is 14.2 Å². The summed E-state index contributed by atoms with van der Waals surface area (Å²) >= 11 is 0. The van der Waals surface area contributed by atoms with Crippen molar-refractivity contribution >= 4 is 6.16 Å². The Morgan fingerprint density at radius 2 is 1.90 bits per heavy atom. The molecule has 2 atom stereocenters. The van der Waals surface area contributed by atoms with Crippen molar-refractivity contribution in [2.75, 3.05) is 13.7 Å². The van der Waals surface area contributed by atoms with Crippen molar-refractivity contribution in [1.82, 2.24) is 0 Å². The highest BCUT2D eigenvalue weighted by molar-refractivity contribution is 5.59. The number of hydrogen-bond donors (Lipinski definition) is 0. The van der Waals surface area contributed by atoms with Gasteiger partial charge in [-0.1, -0.05) is 43.3 Å². The Bertz CT molecular complexity index is 856. The molecule has 2 heterocycles. The van der Waals surface area contributed by atoms with Crippen LogP contribution in [0.5, 0.6) is 0 Å². The molecule has 0 bridgehead atoms. The number of aryl methyl sites for hydroxylation is 1. The number of fused-ring (bicyclic) bond motifs is 2. The summed E-state index contributed by atoms with van der Waals surface area (Å²) in [6.07, 6.45) is 3.65. The second kappa shape index (κ2) is 8.56. The van der Waals surface area contributed by atoms with Crippen LogP contribution in [0, 0.1) is 0 Å². The predicted octanol–water partition coefficient (Wildman–Crippen LogP) is 4.87. The van der Waals surface area contributed by atoms with Gasteiger partial charge in [-0.3, -0.25) is 0 Å². The molecule has 4 rings (SSSR count). The second-order valence-corrected chi connectivity index (χ2v) is 7.78. The number of carbonyl (C=O) groups is 1. The fourth-order valence-corrected chi connectivity index (χ4v) is 4.21. The van der Waals surface area contributed by atoms with Gasteiger partial charge >= 0.3 is 6.16 Å². The van der Waals surface area contributed by atoms with Crippen LogP contribution in [0.25, 0.3) is 0 Å². The summed E-state index contributed by atoms with van der Waals surface area (Å²) < 4.78 is 22.1. The Labute approximate surface area is 171 Å². The molecule has 0 aromatic heterocycles. The summed E-state index contributed by atoms with van der Waals surface area (Å²) in [5.74, 6) is -0.736. The summed E-state index contributed by atoms with van der Waals surface area (Å²) in [6.45, 7) is 2.89. The first kappa shape index (κ1) is 19.9. The topological polar surface area (TPSA) is 54.0 Å². The summed E-state index contributed by atoms with van der Waals surface area (Å²) in [4.78, 5) is 11.3. The second-order valence-electron chi connectivity index (χ2n) is 7.78. The maximum atomic E-state index is 11.3. The predicted molar refractivity (Wildman–Crippen MR) is 109 cm³/mol. The van der Waals surface area contributed by atoms with Crippen LogP contribution in [0.1, 0.15) is 54.0 Å². The van der Waals surface area contributed by atoms with Gasteiger partial charge in [0, 0.05) is 12.0 Å². The highest BCUT2D eigenvalue weighted by Crippen LogP contribution is 2.45. The van der Waals surface area contributed by atoms with Gasteiger partial charge in [-0.15, -0.1) is 0 Å². The van der Waals surface area contributed by atoms with Crippen molar-refractivity contribution in [3.8, 4) is 0 Å². The zero-order valence-corrected chi connectivity index (χ0v) is 17.1. The van der Waals surface area contributed by atoms with E-state index in [0.29, 0.717) is 6.61 Å². The Kier molecular flexibility index (Phi) is 5.88. The number of methoxy groups -OCH3 is 1. The molecule has 0 N–H and O–H groups in total. The maximum absolute atomic E-state index is 11.3. The molecule has 0 unspecified atom stereocenters. The Hall–Kier alpha value is -2.37. The van der Waals surface area contributed by atoms with Gasteiger partial charge in [0.15, 0.2) is 5.79 Å². The van der Waals surface area contributed by atoms with Gasteiger partial charge in [0.05, 0.1) is 19.8 Å². The number of benzene rings is 2. The minimum absolute atomic E-state index is 0.177. The Balaban J connectivity index is 1.50. The molecule has 2 aliphatic heterocycles. The largest absolute Gasteiger partial charge is 0.508 e. The monoisotopic (exact) mass is 396 g/mol. The normalized spacial score (nSPS) is 23.0. The van der Waals surface area contributed by atoms with E-state index in [-0.39, 0.29) is 12.7 Å². The van der Waals surface area contributed by atoms with Gasteiger partial charge in [-0.05, 0) is 54.0 Å². The average molecular weight is 396 g/mol. The lowest BCUT2D eigenvalue weighted by Gasteiger charge is -2.38. The lowest BCUT2D eigenvalue weighted by Crippen LogP contribution is -2.40. The zero-order chi connectivity index (χ0) is 20.3. The molecular weight excluding hydrogens is 368 g/mol. The first-order chi connectivity index (χ1) is 14.1. The quantitative estimate of drug-likeness (QED) is 0.675. The van der Waals surface area contributed by atoms with Crippen LogP contribution in [0.15, 0.2) is 42.5 Å². The molecule has 1 fully saturated rings. The highest BCUT2D eigenvalue weighted by atomic mass is 16.7. The molecule has 0 aliphatic carbocycles. The SMILES string of the molecule is CCc1ccc(Cc2ccc3c(c2)[C@]2(CCC[C@@H](COC(=O)OC)O2)OC3)cc1. The van der Waals surface area contributed by atoms with E-state index in [1.807, 2.05) is 0 Å². The fourth-order valence-electron chi connectivity index (χ4n) is 4.21. The van der Waals surface area contributed by atoms with Crippen LogP contribution in [-0.4, -0.2) is 26.0 Å². The Morgan fingerprint density at radius 3 is 2.66 bits per heavy atom. The molecule has 5 heteroatoms. The number of rotatable bonds is 5. The van der Waals surface area contributed by atoms with Crippen molar-refractivity contribution in [2.24, 2.45) is 0 Å². The molecule has 2 aliphatic rings. The van der Waals surface area contributed by atoms with E-state index in [2.05, 4.69) is 54.1 Å². The van der Waals surface area contributed by atoms with Crippen molar-refractivity contribution in [2.45, 2.75) is 57.5 Å². The molecular formula is C24H28O5. The molecule has 29 heavy (non-hydrogen) atoms. The van der Waals surface area contributed by atoms with Crippen LogP contribution < -0.4 is 0 Å². The fraction of sp³-hybridized carbons (Fsp3) is 0.458. The van der Waals surface area contributed by atoms with Crippen molar-refractivity contribution in [3.05, 3.63) is 70.3 Å². The first-order valence-corrected chi connectivity index (χ1v) is 10.3. The van der Waals surface area contributed by atoms with E-state index in [0.717, 1.165) is 37.7 Å². The standard InChI is InChI=1S/C24H28O5/c1-3-17-6-8-18(9-7-17)13-19-10-11-20-15-28-24(22(20)14-19)12-4-5-21(29-24)16-27-23(25)26-2/h6-11,14,21H,3-5,12-13,15-16H2,1-2H3/t21-,24+/m0/s1. The Morgan fingerprint density at radius 1 is 1.14 bits per heavy atom. The van der Waals surface area contributed by atoms with Crippen molar-refractivity contribution in [1.29, 1.82) is 0 Å². The maximum Gasteiger partial charge on any atom is 0.508 e. The zero-order valence-electron chi connectivity index (χ0n) is 17.1. The van der Waals surface area contributed by atoms with Crippen molar-refractivity contribution < 1.29 is 23.7 Å². The van der Waals surface area contributed by atoms with Crippen LogP contribution in [0.4, 0.5) is 4.79 Å². The van der Waals surface area contributed by atoms with Crippen LogP contribution in [0.3, 0.4) is 0 Å². The lowest BCUT2D eigenvalue weighted by atomic mass is 9.91. The minimum Gasteiger partial charge on any atom is -0.438 e. The smallest absolute Gasteiger partial charge is 0.438 e. The van der Waals surface area contributed by atoms with E-state index in [1.54, 1.807) is 0 Å². The summed E-state index contributed by atoms with van der Waals surface area (Å²) in [5.41, 5.74) is 6.18. The van der Waals surface area contributed by atoms with Gasteiger partial charge in [-0.25, -0.2) is 4.79 Å². The first-order valence-electron chi connectivity index (χ1n) is 10.3. The molecule has 2 aromatic carbocycles. The van der Waals surface area contributed by atoms with E-state index >= 15 is 0 Å². The van der Waals surface area contributed by atoms with E-state index in [1.165, 1.54) is 29.4 Å². The lowest BCUT2D eigenvalue weighted by molar-refractivity contribution is -0.287. The summed E-state index contributed by atoms with van der Waals surface area (Å²) in [5, 5.41) is 0. The molecule has 0 amide bonds. The van der Waals surface area contributed by atoms with Gasteiger partial charge in [0.2, 0.25) is 0 Å². The van der Waals surface area contributed by atoms with Gasteiger partial charge in [0.1, 0.15) is 6.61 Å². The molecule has 1 spiro atoms. The minimum atomic E-state index is -0.736. The molecule has 1 saturated heterocycles. The van der Waals surface area contributed by atoms with Gasteiger partial charge in [0.25, 0.3) is 0 Å². The van der Waals surface area contributed by atoms with E-state index in [9.17, 15) is 4.79 Å². The third kappa shape index (κ3) is 4.31. The average Bonchev–Trinajstić information content (AvgIpc) is 3.09. The molecule has 2 aromatic rings. The summed E-state index contributed by atoms with van der Waals surface area (Å²) in [6, 6.07) is 15.4.